The van der Waals surface area contributed by atoms with Gasteiger partial charge in [0.15, 0.2) is 0 Å². The van der Waals surface area contributed by atoms with E-state index in [-0.39, 0.29) is 18.2 Å². The van der Waals surface area contributed by atoms with E-state index in [9.17, 15) is 9.59 Å². The second-order valence-electron chi connectivity index (χ2n) is 7.46. The number of benzene rings is 2. The maximum Gasteiger partial charge on any atom is 0.228 e. The van der Waals surface area contributed by atoms with Crippen molar-refractivity contribution in [3.63, 3.8) is 0 Å². The van der Waals surface area contributed by atoms with Crippen LogP contribution in [0.4, 0.5) is 0 Å². The summed E-state index contributed by atoms with van der Waals surface area (Å²) in [5.74, 6) is -0.0792. The third kappa shape index (κ3) is 5.67. The maximum atomic E-state index is 12.9. The van der Waals surface area contributed by atoms with E-state index in [4.69, 9.17) is 0 Å². The van der Waals surface area contributed by atoms with Gasteiger partial charge in [-0.3, -0.25) is 9.59 Å². The fourth-order valence-electron chi connectivity index (χ4n) is 3.68. The van der Waals surface area contributed by atoms with Crippen LogP contribution >= 0.6 is 0 Å². The molecule has 2 amide bonds. The van der Waals surface area contributed by atoms with Crippen LogP contribution in [-0.4, -0.2) is 38.0 Å². The number of rotatable bonds is 9. The number of amides is 2. The molecule has 3 N–H and O–H groups in total. The van der Waals surface area contributed by atoms with E-state index < -0.39 is 5.41 Å². The van der Waals surface area contributed by atoms with E-state index in [0.29, 0.717) is 26.1 Å². The molecule has 2 aromatic carbocycles. The zero-order chi connectivity index (χ0) is 19.7. The molecule has 1 heterocycles. The number of carbonyl (C=O) groups excluding carboxylic acids is 2. The highest BCUT2D eigenvalue weighted by Crippen LogP contribution is 2.30. The molecule has 1 aliphatic rings. The quantitative estimate of drug-likeness (QED) is 0.625. The first-order valence-electron chi connectivity index (χ1n) is 10.0. The highest BCUT2D eigenvalue weighted by Gasteiger charge is 2.42. The Morgan fingerprint density at radius 1 is 0.857 bits per heavy atom. The maximum absolute atomic E-state index is 12.9. The molecule has 0 bridgehead atoms. The first-order chi connectivity index (χ1) is 13.7. The van der Waals surface area contributed by atoms with Gasteiger partial charge in [-0.2, -0.15) is 0 Å². The highest BCUT2D eigenvalue weighted by atomic mass is 16.2. The van der Waals surface area contributed by atoms with Crippen molar-refractivity contribution in [3.05, 3.63) is 71.8 Å². The molecule has 5 heteroatoms. The van der Waals surface area contributed by atoms with Crippen molar-refractivity contribution in [1.29, 1.82) is 0 Å². The van der Waals surface area contributed by atoms with E-state index in [2.05, 4.69) is 40.2 Å². The molecule has 3 rings (SSSR count). The molecule has 1 atom stereocenters. The number of hydrogen-bond acceptors (Lipinski definition) is 3. The smallest absolute Gasteiger partial charge is 0.228 e. The SMILES string of the molecule is O=C(CC1(C(=O)NCCc2ccccc2)CCNC1)NCCc1ccccc1. The normalized spacial score (nSPS) is 18.6. The van der Waals surface area contributed by atoms with Crippen LogP contribution in [0.15, 0.2) is 60.7 Å². The Morgan fingerprint density at radius 2 is 1.43 bits per heavy atom. The Kier molecular flexibility index (Phi) is 7.20. The standard InChI is InChI=1S/C23H29N3O2/c27-21(25-14-11-19-7-3-1-4-8-19)17-23(13-16-24-18-23)22(28)26-15-12-20-9-5-2-6-10-20/h1-10,24H,11-18H2,(H,25,27)(H,26,28). The largest absolute Gasteiger partial charge is 0.356 e. The van der Waals surface area contributed by atoms with Crippen molar-refractivity contribution in [2.24, 2.45) is 5.41 Å². The van der Waals surface area contributed by atoms with Gasteiger partial charge in [-0.15, -0.1) is 0 Å². The van der Waals surface area contributed by atoms with E-state index >= 15 is 0 Å². The monoisotopic (exact) mass is 379 g/mol. The lowest BCUT2D eigenvalue weighted by atomic mass is 9.82. The Labute approximate surface area is 166 Å². The van der Waals surface area contributed by atoms with Crippen LogP contribution in [0, 0.1) is 5.41 Å². The Morgan fingerprint density at radius 3 is 1.96 bits per heavy atom. The number of nitrogens with one attached hydrogen (secondary N) is 3. The fraction of sp³-hybridized carbons (Fsp3) is 0.391. The van der Waals surface area contributed by atoms with Gasteiger partial charge in [0.1, 0.15) is 0 Å². The minimum Gasteiger partial charge on any atom is -0.356 e. The van der Waals surface area contributed by atoms with Crippen LogP contribution in [-0.2, 0) is 22.4 Å². The lowest BCUT2D eigenvalue weighted by molar-refractivity contribution is -0.135. The predicted molar refractivity (Wildman–Crippen MR) is 111 cm³/mol. The van der Waals surface area contributed by atoms with Gasteiger partial charge >= 0.3 is 0 Å². The molecule has 0 aromatic heterocycles. The van der Waals surface area contributed by atoms with Gasteiger partial charge in [-0.05, 0) is 36.9 Å². The summed E-state index contributed by atoms with van der Waals surface area (Å²) < 4.78 is 0. The van der Waals surface area contributed by atoms with Crippen LogP contribution in [0.5, 0.6) is 0 Å². The Hall–Kier alpha value is -2.66. The van der Waals surface area contributed by atoms with Crippen molar-refractivity contribution < 1.29 is 9.59 Å². The molecule has 1 unspecified atom stereocenters. The summed E-state index contributed by atoms with van der Waals surface area (Å²) in [6.45, 7) is 2.49. The summed E-state index contributed by atoms with van der Waals surface area (Å²) in [4.78, 5) is 25.3. The minimum atomic E-state index is -0.645. The summed E-state index contributed by atoms with van der Waals surface area (Å²) in [5.41, 5.74) is 1.74. The van der Waals surface area contributed by atoms with Gasteiger partial charge in [-0.25, -0.2) is 0 Å². The summed E-state index contributed by atoms with van der Waals surface area (Å²) in [6.07, 6.45) is 2.50. The highest BCUT2D eigenvalue weighted by molar-refractivity contribution is 5.89. The van der Waals surface area contributed by atoms with Crippen LogP contribution < -0.4 is 16.0 Å². The molecule has 0 aliphatic carbocycles. The van der Waals surface area contributed by atoms with Crippen LogP contribution in [0.2, 0.25) is 0 Å². The van der Waals surface area contributed by atoms with E-state index in [0.717, 1.165) is 19.4 Å². The lowest BCUT2D eigenvalue weighted by Crippen LogP contribution is -2.46. The molecule has 0 spiro atoms. The summed E-state index contributed by atoms with van der Waals surface area (Å²) in [6, 6.07) is 20.2. The first-order valence-corrected chi connectivity index (χ1v) is 10.0. The van der Waals surface area contributed by atoms with E-state index in [1.807, 2.05) is 36.4 Å². The van der Waals surface area contributed by atoms with Gasteiger partial charge in [-0.1, -0.05) is 60.7 Å². The van der Waals surface area contributed by atoms with Crippen molar-refractivity contribution in [2.75, 3.05) is 26.2 Å². The molecule has 1 aliphatic heterocycles. The fourth-order valence-corrected chi connectivity index (χ4v) is 3.68. The van der Waals surface area contributed by atoms with Gasteiger partial charge in [0.25, 0.3) is 0 Å². The zero-order valence-corrected chi connectivity index (χ0v) is 16.2. The Balaban J connectivity index is 1.46. The van der Waals surface area contributed by atoms with Crippen molar-refractivity contribution in [1.82, 2.24) is 16.0 Å². The third-order valence-electron chi connectivity index (χ3n) is 5.35. The number of carbonyl (C=O) groups is 2. The Bertz CT molecular complexity index is 756. The number of hydrogen-bond donors (Lipinski definition) is 3. The topological polar surface area (TPSA) is 70.2 Å². The predicted octanol–water partition coefficient (Wildman–Crippen LogP) is 2.07. The molecular formula is C23H29N3O2. The van der Waals surface area contributed by atoms with Crippen LogP contribution in [0.25, 0.3) is 0 Å². The summed E-state index contributed by atoms with van der Waals surface area (Å²) in [5, 5.41) is 9.26. The van der Waals surface area contributed by atoms with Crippen molar-refractivity contribution in [3.8, 4) is 0 Å². The first kappa shape index (κ1) is 20.1. The minimum absolute atomic E-state index is 0.0216. The summed E-state index contributed by atoms with van der Waals surface area (Å²) >= 11 is 0. The van der Waals surface area contributed by atoms with Crippen molar-refractivity contribution >= 4 is 11.8 Å². The molecule has 28 heavy (non-hydrogen) atoms. The molecule has 148 valence electrons. The molecule has 2 aromatic rings. The van der Waals surface area contributed by atoms with Crippen LogP contribution in [0.3, 0.4) is 0 Å². The van der Waals surface area contributed by atoms with E-state index in [1.54, 1.807) is 0 Å². The van der Waals surface area contributed by atoms with Crippen LogP contribution in [0.1, 0.15) is 24.0 Å². The van der Waals surface area contributed by atoms with E-state index in [1.165, 1.54) is 11.1 Å². The van der Waals surface area contributed by atoms with Gasteiger partial charge in [0.05, 0.1) is 5.41 Å². The molecular weight excluding hydrogens is 350 g/mol. The average Bonchev–Trinajstić information content (AvgIpc) is 3.19. The molecule has 0 saturated carbocycles. The average molecular weight is 380 g/mol. The van der Waals surface area contributed by atoms with Crippen molar-refractivity contribution in [2.45, 2.75) is 25.7 Å². The molecule has 5 nitrogen and oxygen atoms in total. The summed E-state index contributed by atoms with van der Waals surface area (Å²) in [7, 11) is 0. The zero-order valence-electron chi connectivity index (χ0n) is 16.2. The second kappa shape index (κ2) is 10.0. The van der Waals surface area contributed by atoms with Gasteiger partial charge in [0, 0.05) is 26.1 Å². The van der Waals surface area contributed by atoms with Gasteiger partial charge < -0.3 is 16.0 Å². The molecule has 0 radical (unpaired) electrons. The van der Waals surface area contributed by atoms with Gasteiger partial charge in [0.2, 0.25) is 11.8 Å². The molecule has 1 saturated heterocycles. The third-order valence-corrected chi connectivity index (χ3v) is 5.35. The second-order valence-corrected chi connectivity index (χ2v) is 7.46. The lowest BCUT2D eigenvalue weighted by Gasteiger charge is -2.26. The molecule has 1 fully saturated rings.